The largest absolute Gasteiger partial charge is 0.349 e. The Kier molecular flexibility index (Phi) is 5.33. The molecule has 0 bridgehead atoms. The highest BCUT2D eigenvalue weighted by Crippen LogP contribution is 2.27. The first-order valence-electron chi connectivity index (χ1n) is 9.24. The average Bonchev–Trinajstić information content (AvgIpc) is 2.73. The van der Waals surface area contributed by atoms with E-state index in [0.717, 1.165) is 5.56 Å². The van der Waals surface area contributed by atoms with E-state index >= 15 is 0 Å². The second-order valence-corrected chi connectivity index (χ2v) is 7.30. The van der Waals surface area contributed by atoms with E-state index < -0.39 is 17.4 Å². The molecule has 0 unspecified atom stereocenters. The topological polar surface area (TPSA) is 64.0 Å². The van der Waals surface area contributed by atoms with Crippen LogP contribution >= 0.6 is 11.6 Å². The number of nitrogens with zero attached hydrogens (tertiary/aromatic N) is 2. The van der Waals surface area contributed by atoms with Gasteiger partial charge in [-0.1, -0.05) is 48.0 Å². The third-order valence-corrected chi connectivity index (χ3v) is 5.00. The number of fused-ring (bicyclic) bond motifs is 1. The minimum Gasteiger partial charge on any atom is -0.324 e. The lowest BCUT2D eigenvalue weighted by Crippen LogP contribution is -2.30. The Morgan fingerprint density at radius 1 is 1.10 bits per heavy atom. The summed E-state index contributed by atoms with van der Waals surface area (Å²) >= 11 is 6.19. The Morgan fingerprint density at radius 2 is 1.87 bits per heavy atom. The number of benzene rings is 3. The van der Waals surface area contributed by atoms with E-state index in [4.69, 9.17) is 11.6 Å². The molecule has 0 atom stereocenters. The van der Waals surface area contributed by atoms with Crippen LogP contribution in [0.3, 0.4) is 0 Å². The molecule has 4 aromatic rings. The third-order valence-electron chi connectivity index (χ3n) is 4.77. The molecule has 0 spiro atoms. The van der Waals surface area contributed by atoms with Gasteiger partial charge in [0.05, 0.1) is 11.2 Å². The molecule has 1 N–H and O–H groups in total. The summed E-state index contributed by atoms with van der Waals surface area (Å²) in [5.41, 5.74) is 2.31. The predicted molar refractivity (Wildman–Crippen MR) is 116 cm³/mol. The molecule has 0 aliphatic heterocycles. The van der Waals surface area contributed by atoms with Gasteiger partial charge in [0.15, 0.2) is 0 Å². The van der Waals surface area contributed by atoms with Crippen LogP contribution < -0.4 is 11.0 Å². The second-order valence-electron chi connectivity index (χ2n) is 6.86. The number of anilines is 1. The number of amides is 1. The Bertz CT molecular complexity index is 1320. The maximum atomic E-state index is 13.5. The fraction of sp³-hybridized carbons (Fsp3) is 0.0870. The summed E-state index contributed by atoms with van der Waals surface area (Å²) in [5.74, 6) is -0.918. The van der Waals surface area contributed by atoms with Crippen molar-refractivity contribution in [1.82, 2.24) is 9.55 Å². The summed E-state index contributed by atoms with van der Waals surface area (Å²) in [4.78, 5) is 29.6. The van der Waals surface area contributed by atoms with Crippen molar-refractivity contribution >= 4 is 34.1 Å². The van der Waals surface area contributed by atoms with Crippen LogP contribution in [0.1, 0.15) is 5.56 Å². The molecule has 1 heterocycles. The van der Waals surface area contributed by atoms with E-state index in [2.05, 4.69) is 10.3 Å². The SMILES string of the molecule is Cc1ccc(F)cc1NC(=O)Cn1c(=O)nc(-c2ccccc2)c2cc(Cl)ccc21. The van der Waals surface area contributed by atoms with Crippen LogP contribution in [0.5, 0.6) is 0 Å². The number of rotatable bonds is 4. The molecule has 150 valence electrons. The first-order chi connectivity index (χ1) is 14.4. The van der Waals surface area contributed by atoms with E-state index in [1.807, 2.05) is 30.3 Å². The molecule has 0 saturated carbocycles. The van der Waals surface area contributed by atoms with Crippen molar-refractivity contribution in [3.63, 3.8) is 0 Å². The van der Waals surface area contributed by atoms with Crippen LogP contribution in [-0.4, -0.2) is 15.5 Å². The summed E-state index contributed by atoms with van der Waals surface area (Å²) < 4.78 is 14.8. The van der Waals surface area contributed by atoms with Gasteiger partial charge in [-0.2, -0.15) is 4.98 Å². The Morgan fingerprint density at radius 3 is 2.63 bits per heavy atom. The van der Waals surface area contributed by atoms with E-state index in [9.17, 15) is 14.0 Å². The lowest BCUT2D eigenvalue weighted by Gasteiger charge is -2.14. The van der Waals surface area contributed by atoms with Gasteiger partial charge in [-0.3, -0.25) is 9.36 Å². The number of aryl methyl sites for hydroxylation is 1. The highest BCUT2D eigenvalue weighted by Gasteiger charge is 2.15. The molecule has 7 heteroatoms. The lowest BCUT2D eigenvalue weighted by atomic mass is 10.1. The van der Waals surface area contributed by atoms with E-state index in [1.54, 1.807) is 31.2 Å². The van der Waals surface area contributed by atoms with Crippen molar-refractivity contribution in [2.24, 2.45) is 0 Å². The van der Waals surface area contributed by atoms with E-state index in [0.29, 0.717) is 32.9 Å². The molecule has 30 heavy (non-hydrogen) atoms. The quantitative estimate of drug-likeness (QED) is 0.514. The molecule has 0 aliphatic rings. The first-order valence-corrected chi connectivity index (χ1v) is 9.62. The molecular weight excluding hydrogens is 405 g/mol. The van der Waals surface area contributed by atoms with Gasteiger partial charge in [-0.25, -0.2) is 9.18 Å². The smallest absolute Gasteiger partial charge is 0.324 e. The second kappa shape index (κ2) is 8.08. The summed E-state index contributed by atoms with van der Waals surface area (Å²) in [6.45, 7) is 1.49. The zero-order chi connectivity index (χ0) is 21.3. The molecule has 4 rings (SSSR count). The van der Waals surface area contributed by atoms with Crippen LogP contribution in [0, 0.1) is 12.7 Å². The van der Waals surface area contributed by atoms with Gasteiger partial charge in [0, 0.05) is 21.7 Å². The van der Waals surface area contributed by atoms with Crippen LogP contribution in [0.25, 0.3) is 22.2 Å². The van der Waals surface area contributed by atoms with Crippen molar-refractivity contribution in [2.45, 2.75) is 13.5 Å². The monoisotopic (exact) mass is 421 g/mol. The van der Waals surface area contributed by atoms with Crippen LogP contribution in [0.4, 0.5) is 10.1 Å². The van der Waals surface area contributed by atoms with Crippen LogP contribution in [-0.2, 0) is 11.3 Å². The molecule has 0 aliphatic carbocycles. The van der Waals surface area contributed by atoms with Gasteiger partial charge in [-0.05, 0) is 42.8 Å². The van der Waals surface area contributed by atoms with E-state index in [-0.39, 0.29) is 6.54 Å². The lowest BCUT2D eigenvalue weighted by molar-refractivity contribution is -0.116. The van der Waals surface area contributed by atoms with Gasteiger partial charge < -0.3 is 5.32 Å². The molecule has 1 amide bonds. The summed E-state index contributed by atoms with van der Waals surface area (Å²) in [6.07, 6.45) is 0. The zero-order valence-electron chi connectivity index (χ0n) is 16.0. The molecule has 1 aromatic heterocycles. The maximum Gasteiger partial charge on any atom is 0.349 e. The third kappa shape index (κ3) is 3.95. The minimum absolute atomic E-state index is 0.269. The summed E-state index contributed by atoms with van der Waals surface area (Å²) in [7, 11) is 0. The fourth-order valence-electron chi connectivity index (χ4n) is 3.28. The van der Waals surface area contributed by atoms with Gasteiger partial charge in [-0.15, -0.1) is 0 Å². The minimum atomic E-state index is -0.560. The molecule has 0 saturated heterocycles. The molecule has 5 nitrogen and oxygen atoms in total. The number of carbonyl (C=O) groups excluding carboxylic acids is 1. The normalized spacial score (nSPS) is 10.9. The number of carbonyl (C=O) groups is 1. The van der Waals surface area contributed by atoms with Crippen molar-refractivity contribution in [1.29, 1.82) is 0 Å². The first kappa shape index (κ1) is 19.8. The van der Waals surface area contributed by atoms with Crippen molar-refractivity contribution in [3.8, 4) is 11.3 Å². The molecule has 0 fully saturated rings. The Labute approximate surface area is 176 Å². The predicted octanol–water partition coefficient (Wildman–Crippen LogP) is 4.80. The fourth-order valence-corrected chi connectivity index (χ4v) is 3.46. The Hall–Kier alpha value is -3.51. The van der Waals surface area contributed by atoms with Crippen LogP contribution in [0.2, 0.25) is 5.02 Å². The van der Waals surface area contributed by atoms with Crippen molar-refractivity contribution in [3.05, 3.63) is 93.6 Å². The standard InChI is InChI=1S/C23H17ClFN3O2/c1-14-7-9-17(25)12-19(14)26-21(29)13-28-20-10-8-16(24)11-18(20)22(27-23(28)30)15-5-3-2-4-6-15/h2-12H,13H2,1H3,(H,26,29). The summed E-state index contributed by atoms with van der Waals surface area (Å²) in [6, 6.07) is 18.5. The number of halogens is 2. The highest BCUT2D eigenvalue weighted by atomic mass is 35.5. The number of aromatic nitrogens is 2. The molecule has 3 aromatic carbocycles. The Balaban J connectivity index is 1.76. The van der Waals surface area contributed by atoms with Gasteiger partial charge in [0.25, 0.3) is 0 Å². The molecular formula is C23H17ClFN3O2. The summed E-state index contributed by atoms with van der Waals surface area (Å²) in [5, 5.41) is 3.80. The maximum absolute atomic E-state index is 13.5. The van der Waals surface area contributed by atoms with Gasteiger partial charge in [0.1, 0.15) is 12.4 Å². The van der Waals surface area contributed by atoms with Crippen molar-refractivity contribution in [2.75, 3.05) is 5.32 Å². The van der Waals surface area contributed by atoms with Gasteiger partial charge >= 0.3 is 5.69 Å². The number of hydrogen-bond donors (Lipinski definition) is 1. The zero-order valence-corrected chi connectivity index (χ0v) is 16.8. The van der Waals surface area contributed by atoms with E-state index in [1.165, 1.54) is 16.7 Å². The average molecular weight is 422 g/mol. The number of nitrogens with one attached hydrogen (secondary N) is 1. The van der Waals surface area contributed by atoms with Gasteiger partial charge in [0.2, 0.25) is 5.91 Å². The molecule has 0 radical (unpaired) electrons. The van der Waals surface area contributed by atoms with Crippen LogP contribution in [0.15, 0.2) is 71.5 Å². The number of hydrogen-bond acceptors (Lipinski definition) is 3. The highest BCUT2D eigenvalue weighted by molar-refractivity contribution is 6.31. The van der Waals surface area contributed by atoms with Crippen molar-refractivity contribution < 1.29 is 9.18 Å².